The Morgan fingerprint density at radius 1 is 1.22 bits per heavy atom. The lowest BCUT2D eigenvalue weighted by atomic mass is 10.1. The number of sulfone groups is 1. The Morgan fingerprint density at radius 2 is 1.94 bits per heavy atom. The molecule has 2 aliphatic heterocycles. The molecule has 0 aliphatic carbocycles. The number of hydrogen-bond acceptors (Lipinski definition) is 4. The zero-order valence-corrected chi connectivity index (χ0v) is 10.8. The van der Waals surface area contributed by atoms with Crippen LogP contribution < -0.4 is 0 Å². The molecule has 18 heavy (non-hydrogen) atoms. The van der Waals surface area contributed by atoms with Gasteiger partial charge in [0.25, 0.3) is 0 Å². The number of likely N-dealkylation sites (tertiary alicyclic amines) is 1. The van der Waals surface area contributed by atoms with Gasteiger partial charge in [0.05, 0.1) is 0 Å². The molecule has 2 aliphatic rings. The predicted octanol–water partition coefficient (Wildman–Crippen LogP) is 1.62. The number of nitrogens with zero attached hydrogens (tertiary/aromatic N) is 1. The molecule has 4 nitrogen and oxygen atoms in total. The predicted molar refractivity (Wildman–Crippen MR) is 68.9 cm³/mol. The lowest BCUT2D eigenvalue weighted by Gasteiger charge is -2.15. The van der Waals surface area contributed by atoms with Crippen molar-refractivity contribution in [2.45, 2.75) is 17.7 Å². The maximum absolute atomic E-state index is 12.0. The van der Waals surface area contributed by atoms with Crippen LogP contribution in [0, 0.1) is 0 Å². The van der Waals surface area contributed by atoms with E-state index in [4.69, 9.17) is 0 Å². The lowest BCUT2D eigenvalue weighted by Crippen LogP contribution is -2.21. The molecule has 96 valence electrons. The molecule has 0 amide bonds. The fraction of sp³-hybridized carbons (Fsp3) is 0.385. The van der Waals surface area contributed by atoms with E-state index in [1.807, 2.05) is 0 Å². The summed E-state index contributed by atoms with van der Waals surface area (Å²) < 4.78 is 24.0. The Hall–Kier alpha value is -1.33. The van der Waals surface area contributed by atoms with Crippen molar-refractivity contribution in [1.29, 1.82) is 0 Å². The molecule has 1 N–H and O–H groups in total. The molecule has 3 rings (SSSR count). The Bertz CT molecular complexity index is 613. The molecule has 0 unspecified atom stereocenters. The Kier molecular flexibility index (Phi) is 2.68. The molecule has 0 atom stereocenters. The van der Waals surface area contributed by atoms with Crippen molar-refractivity contribution in [3.05, 3.63) is 29.2 Å². The molecule has 0 saturated carbocycles. The van der Waals surface area contributed by atoms with Crippen LogP contribution in [0.2, 0.25) is 0 Å². The summed E-state index contributed by atoms with van der Waals surface area (Å²) >= 11 is 0. The molecule has 1 aromatic carbocycles. The van der Waals surface area contributed by atoms with Crippen LogP contribution in [0.5, 0.6) is 5.75 Å². The van der Waals surface area contributed by atoms with Gasteiger partial charge in [-0.2, -0.15) is 0 Å². The standard InChI is InChI=1S/C13H15NO3S/c15-12-5-3-4-11-10(8-14-6-1-2-7-14)9-18(16,17)13(11)12/h3-5,9,15H,1-2,6-8H2. The first-order valence-corrected chi connectivity index (χ1v) is 7.63. The normalized spacial score (nSPS) is 21.9. The van der Waals surface area contributed by atoms with Crippen molar-refractivity contribution in [2.24, 2.45) is 0 Å². The molecule has 0 aromatic heterocycles. The molecule has 0 spiro atoms. The summed E-state index contributed by atoms with van der Waals surface area (Å²) in [5.41, 5.74) is 1.45. The van der Waals surface area contributed by atoms with Gasteiger partial charge in [-0.3, -0.25) is 4.90 Å². The maximum Gasteiger partial charge on any atom is 0.204 e. The topological polar surface area (TPSA) is 57.6 Å². The zero-order valence-electron chi connectivity index (χ0n) is 9.96. The molecule has 0 radical (unpaired) electrons. The minimum atomic E-state index is -3.47. The van der Waals surface area contributed by atoms with Crippen molar-refractivity contribution in [3.8, 4) is 5.75 Å². The number of hydrogen-bond donors (Lipinski definition) is 1. The smallest absolute Gasteiger partial charge is 0.204 e. The molecule has 1 saturated heterocycles. The van der Waals surface area contributed by atoms with Gasteiger partial charge in [0.2, 0.25) is 9.84 Å². The van der Waals surface area contributed by atoms with Crippen LogP contribution in [0.15, 0.2) is 28.5 Å². The summed E-state index contributed by atoms with van der Waals surface area (Å²) in [7, 11) is -3.47. The SMILES string of the molecule is O=S1(=O)C=C(CN2CCCC2)c2cccc(O)c21. The largest absolute Gasteiger partial charge is 0.507 e. The summed E-state index contributed by atoms with van der Waals surface area (Å²) in [5.74, 6) is -0.153. The number of rotatable bonds is 2. The third-order valence-electron chi connectivity index (χ3n) is 3.51. The number of phenols is 1. The quantitative estimate of drug-likeness (QED) is 0.882. The van der Waals surface area contributed by atoms with Gasteiger partial charge in [0, 0.05) is 17.5 Å². The minimum Gasteiger partial charge on any atom is -0.507 e. The van der Waals surface area contributed by atoms with E-state index in [9.17, 15) is 13.5 Å². The van der Waals surface area contributed by atoms with Gasteiger partial charge < -0.3 is 5.11 Å². The molecule has 5 heteroatoms. The average Bonchev–Trinajstić information content (AvgIpc) is 2.87. The second kappa shape index (κ2) is 4.10. The third-order valence-corrected chi connectivity index (χ3v) is 5.11. The van der Waals surface area contributed by atoms with Gasteiger partial charge in [-0.25, -0.2) is 8.42 Å². The van der Waals surface area contributed by atoms with Crippen LogP contribution in [-0.2, 0) is 9.84 Å². The molecule has 2 heterocycles. The Labute approximate surface area is 106 Å². The Morgan fingerprint density at radius 3 is 2.67 bits per heavy atom. The highest BCUT2D eigenvalue weighted by Crippen LogP contribution is 2.39. The first-order valence-electron chi connectivity index (χ1n) is 6.08. The first-order chi connectivity index (χ1) is 8.58. The summed E-state index contributed by atoms with van der Waals surface area (Å²) in [5, 5.41) is 11.0. The van der Waals surface area contributed by atoms with Crippen molar-refractivity contribution in [3.63, 3.8) is 0 Å². The maximum atomic E-state index is 12.0. The zero-order chi connectivity index (χ0) is 12.8. The third kappa shape index (κ3) is 1.83. The fourth-order valence-electron chi connectivity index (χ4n) is 2.69. The van der Waals surface area contributed by atoms with Gasteiger partial charge in [0.15, 0.2) is 0 Å². The van der Waals surface area contributed by atoms with Crippen LogP contribution in [0.25, 0.3) is 5.57 Å². The van der Waals surface area contributed by atoms with E-state index in [-0.39, 0.29) is 10.6 Å². The van der Waals surface area contributed by atoms with Gasteiger partial charge in [-0.15, -0.1) is 0 Å². The lowest BCUT2D eigenvalue weighted by molar-refractivity contribution is 0.382. The highest BCUT2D eigenvalue weighted by molar-refractivity contribution is 7.95. The van der Waals surface area contributed by atoms with Crippen molar-refractivity contribution in [2.75, 3.05) is 19.6 Å². The van der Waals surface area contributed by atoms with E-state index < -0.39 is 9.84 Å². The van der Waals surface area contributed by atoms with Crippen molar-refractivity contribution < 1.29 is 13.5 Å². The van der Waals surface area contributed by atoms with Crippen LogP contribution in [0.4, 0.5) is 0 Å². The molecule has 1 fully saturated rings. The summed E-state index contributed by atoms with van der Waals surface area (Å²) in [6.45, 7) is 2.69. The van der Waals surface area contributed by atoms with Gasteiger partial charge in [-0.05, 0) is 37.6 Å². The highest BCUT2D eigenvalue weighted by Gasteiger charge is 2.30. The van der Waals surface area contributed by atoms with E-state index >= 15 is 0 Å². The highest BCUT2D eigenvalue weighted by atomic mass is 32.2. The second-order valence-electron chi connectivity index (χ2n) is 4.83. The van der Waals surface area contributed by atoms with Crippen molar-refractivity contribution in [1.82, 2.24) is 4.90 Å². The Balaban J connectivity index is 2.01. The van der Waals surface area contributed by atoms with E-state index in [1.165, 1.54) is 24.3 Å². The number of fused-ring (bicyclic) bond motifs is 1. The number of phenolic OH excluding ortho intramolecular Hbond substituents is 1. The summed E-state index contributed by atoms with van der Waals surface area (Å²) in [6.07, 6.45) is 2.35. The van der Waals surface area contributed by atoms with Crippen LogP contribution in [-0.4, -0.2) is 38.1 Å². The van der Waals surface area contributed by atoms with Gasteiger partial charge in [0.1, 0.15) is 10.6 Å². The van der Waals surface area contributed by atoms with Crippen LogP contribution in [0.1, 0.15) is 18.4 Å². The van der Waals surface area contributed by atoms with Crippen LogP contribution >= 0.6 is 0 Å². The average molecular weight is 265 g/mol. The van der Waals surface area contributed by atoms with E-state index in [0.29, 0.717) is 12.1 Å². The molecular formula is C13H15NO3S. The van der Waals surface area contributed by atoms with Crippen LogP contribution in [0.3, 0.4) is 0 Å². The van der Waals surface area contributed by atoms with E-state index in [1.54, 1.807) is 12.1 Å². The molecular weight excluding hydrogens is 250 g/mol. The summed E-state index contributed by atoms with van der Waals surface area (Å²) in [6, 6.07) is 4.87. The minimum absolute atomic E-state index is 0.0687. The summed E-state index contributed by atoms with van der Waals surface area (Å²) in [4.78, 5) is 2.32. The first kappa shape index (κ1) is 11.7. The molecule has 0 bridgehead atoms. The second-order valence-corrected chi connectivity index (χ2v) is 6.56. The van der Waals surface area contributed by atoms with Crippen molar-refractivity contribution >= 4 is 15.4 Å². The van der Waals surface area contributed by atoms with Gasteiger partial charge >= 0.3 is 0 Å². The fourth-order valence-corrected chi connectivity index (χ4v) is 4.25. The number of benzene rings is 1. The number of aromatic hydroxyl groups is 1. The molecule has 1 aromatic rings. The van der Waals surface area contributed by atoms with E-state index in [0.717, 1.165) is 18.7 Å². The monoisotopic (exact) mass is 265 g/mol. The van der Waals surface area contributed by atoms with E-state index in [2.05, 4.69) is 4.90 Å². The van der Waals surface area contributed by atoms with Gasteiger partial charge in [-0.1, -0.05) is 12.1 Å².